The molecule has 0 unspecified atom stereocenters. The van der Waals surface area contributed by atoms with E-state index < -0.39 is 5.41 Å². The van der Waals surface area contributed by atoms with Crippen LogP contribution in [0.4, 0.5) is 4.39 Å². The molecular weight excluding hydrogens is 193 g/mol. The molecule has 2 rings (SSSR count). The van der Waals surface area contributed by atoms with Crippen molar-refractivity contribution in [3.05, 3.63) is 29.8 Å². The lowest BCUT2D eigenvalue weighted by atomic mass is 9.77. The van der Waals surface area contributed by atoms with Gasteiger partial charge in [0.1, 0.15) is 11.2 Å². The maximum absolute atomic E-state index is 13.1. The van der Waals surface area contributed by atoms with E-state index in [-0.39, 0.29) is 5.82 Å². The van der Waals surface area contributed by atoms with Gasteiger partial charge in [-0.1, -0.05) is 0 Å². The predicted molar refractivity (Wildman–Crippen MR) is 53.6 cm³/mol. The van der Waals surface area contributed by atoms with E-state index in [4.69, 9.17) is 0 Å². The molecule has 2 heterocycles. The first-order chi connectivity index (χ1) is 7.27. The summed E-state index contributed by atoms with van der Waals surface area (Å²) in [5, 5.41) is 12.4. The molecule has 1 aliphatic rings. The van der Waals surface area contributed by atoms with Crippen LogP contribution < -0.4 is 5.32 Å². The van der Waals surface area contributed by atoms with Crippen LogP contribution in [0.25, 0.3) is 0 Å². The molecule has 1 N–H and O–H groups in total. The van der Waals surface area contributed by atoms with E-state index >= 15 is 0 Å². The summed E-state index contributed by atoms with van der Waals surface area (Å²) < 4.78 is 13.1. The Kier molecular flexibility index (Phi) is 2.65. The van der Waals surface area contributed by atoms with Crippen LogP contribution >= 0.6 is 0 Å². The molecule has 0 saturated carbocycles. The molecule has 3 nitrogen and oxygen atoms in total. The van der Waals surface area contributed by atoms with Crippen molar-refractivity contribution < 1.29 is 4.39 Å². The summed E-state index contributed by atoms with van der Waals surface area (Å²) >= 11 is 0. The van der Waals surface area contributed by atoms with Crippen LogP contribution in [0.1, 0.15) is 18.5 Å². The Hall–Kier alpha value is -1.47. The lowest BCUT2D eigenvalue weighted by Gasteiger charge is -2.30. The first-order valence-electron chi connectivity index (χ1n) is 5.01. The second kappa shape index (κ2) is 3.95. The molecule has 0 spiro atoms. The fourth-order valence-corrected chi connectivity index (χ4v) is 1.95. The Morgan fingerprint density at radius 1 is 1.47 bits per heavy atom. The quantitative estimate of drug-likeness (QED) is 0.753. The molecule has 0 atom stereocenters. The van der Waals surface area contributed by atoms with Crippen molar-refractivity contribution in [1.82, 2.24) is 10.3 Å². The van der Waals surface area contributed by atoms with Crippen molar-refractivity contribution in [2.75, 3.05) is 13.1 Å². The maximum Gasteiger partial charge on any atom is 0.126 e. The SMILES string of the molecule is N#CC1(c2cc(F)ccn2)CCNCC1. The smallest absolute Gasteiger partial charge is 0.126 e. The number of halogens is 1. The van der Waals surface area contributed by atoms with Gasteiger partial charge in [0.2, 0.25) is 0 Å². The standard InChI is InChI=1S/C11H12FN3/c12-9-1-4-15-10(7-9)11(8-13)2-5-14-6-3-11/h1,4,7,14H,2-3,5-6H2. The molecule has 0 aromatic carbocycles. The molecule has 1 saturated heterocycles. The summed E-state index contributed by atoms with van der Waals surface area (Å²) in [6, 6.07) is 4.96. The van der Waals surface area contributed by atoms with Gasteiger partial charge < -0.3 is 5.32 Å². The predicted octanol–water partition coefficient (Wildman–Crippen LogP) is 1.37. The Bertz CT molecular complexity index is 391. The van der Waals surface area contributed by atoms with Crippen LogP contribution in [0.3, 0.4) is 0 Å². The molecule has 1 aromatic rings. The van der Waals surface area contributed by atoms with Crippen LogP contribution in [0.2, 0.25) is 0 Å². The van der Waals surface area contributed by atoms with Gasteiger partial charge in [-0.3, -0.25) is 4.98 Å². The molecule has 0 radical (unpaired) electrons. The number of rotatable bonds is 1. The van der Waals surface area contributed by atoms with Crippen molar-refractivity contribution in [3.63, 3.8) is 0 Å². The van der Waals surface area contributed by atoms with Gasteiger partial charge in [0.15, 0.2) is 0 Å². The average Bonchev–Trinajstić information content (AvgIpc) is 2.30. The summed E-state index contributed by atoms with van der Waals surface area (Å²) in [6.45, 7) is 1.57. The van der Waals surface area contributed by atoms with Gasteiger partial charge in [-0.25, -0.2) is 4.39 Å². The van der Waals surface area contributed by atoms with Crippen LogP contribution in [0.5, 0.6) is 0 Å². The number of hydrogen-bond acceptors (Lipinski definition) is 3. The number of pyridine rings is 1. The van der Waals surface area contributed by atoms with Gasteiger partial charge in [-0.05, 0) is 38.1 Å². The first-order valence-corrected chi connectivity index (χ1v) is 5.01. The number of aromatic nitrogens is 1. The third kappa shape index (κ3) is 1.83. The third-order valence-corrected chi connectivity index (χ3v) is 2.88. The van der Waals surface area contributed by atoms with Crippen LogP contribution in [-0.2, 0) is 5.41 Å². The second-order valence-electron chi connectivity index (χ2n) is 3.80. The lowest BCUT2D eigenvalue weighted by molar-refractivity contribution is 0.373. The Balaban J connectivity index is 2.37. The minimum Gasteiger partial charge on any atom is -0.317 e. The number of nitrogens with zero attached hydrogens (tertiary/aromatic N) is 2. The number of nitriles is 1. The molecule has 1 aliphatic heterocycles. The molecule has 0 amide bonds. The zero-order valence-electron chi connectivity index (χ0n) is 8.33. The zero-order chi connectivity index (χ0) is 10.7. The van der Waals surface area contributed by atoms with Crippen LogP contribution in [-0.4, -0.2) is 18.1 Å². The van der Waals surface area contributed by atoms with Crippen molar-refractivity contribution >= 4 is 0 Å². The van der Waals surface area contributed by atoms with Crippen molar-refractivity contribution in [2.24, 2.45) is 0 Å². The third-order valence-electron chi connectivity index (χ3n) is 2.88. The zero-order valence-corrected chi connectivity index (χ0v) is 8.33. The van der Waals surface area contributed by atoms with E-state index in [2.05, 4.69) is 16.4 Å². The van der Waals surface area contributed by atoms with E-state index in [0.717, 1.165) is 13.1 Å². The van der Waals surface area contributed by atoms with Crippen molar-refractivity contribution in [1.29, 1.82) is 5.26 Å². The Morgan fingerprint density at radius 3 is 2.80 bits per heavy atom. The monoisotopic (exact) mass is 205 g/mol. The number of hydrogen-bond donors (Lipinski definition) is 1. The number of nitrogens with one attached hydrogen (secondary N) is 1. The molecule has 4 heteroatoms. The molecule has 0 aliphatic carbocycles. The van der Waals surface area contributed by atoms with Gasteiger partial charge >= 0.3 is 0 Å². The molecule has 0 bridgehead atoms. The fourth-order valence-electron chi connectivity index (χ4n) is 1.95. The number of piperidine rings is 1. The molecule has 1 fully saturated rings. The van der Waals surface area contributed by atoms with E-state index in [0.29, 0.717) is 18.5 Å². The highest BCUT2D eigenvalue weighted by Crippen LogP contribution is 2.31. The van der Waals surface area contributed by atoms with Gasteiger partial charge in [-0.2, -0.15) is 5.26 Å². The highest BCUT2D eigenvalue weighted by Gasteiger charge is 2.35. The molecular formula is C11H12FN3. The van der Waals surface area contributed by atoms with E-state index in [9.17, 15) is 9.65 Å². The minimum atomic E-state index is -0.604. The fraction of sp³-hybridized carbons (Fsp3) is 0.455. The maximum atomic E-state index is 13.1. The summed E-state index contributed by atoms with van der Waals surface area (Å²) in [6.07, 6.45) is 2.81. The van der Waals surface area contributed by atoms with Gasteiger partial charge in [0.25, 0.3) is 0 Å². The largest absolute Gasteiger partial charge is 0.317 e. The highest BCUT2D eigenvalue weighted by molar-refractivity contribution is 5.27. The Labute approximate surface area is 87.9 Å². The lowest BCUT2D eigenvalue weighted by Crippen LogP contribution is -2.39. The van der Waals surface area contributed by atoms with Gasteiger partial charge in [0, 0.05) is 6.20 Å². The molecule has 1 aromatic heterocycles. The van der Waals surface area contributed by atoms with Crippen molar-refractivity contribution in [2.45, 2.75) is 18.3 Å². The van der Waals surface area contributed by atoms with Gasteiger partial charge in [-0.15, -0.1) is 0 Å². The summed E-state index contributed by atoms with van der Waals surface area (Å²) in [7, 11) is 0. The second-order valence-corrected chi connectivity index (χ2v) is 3.80. The average molecular weight is 205 g/mol. The van der Waals surface area contributed by atoms with E-state index in [1.165, 1.54) is 18.3 Å². The van der Waals surface area contributed by atoms with E-state index in [1.54, 1.807) is 0 Å². The van der Waals surface area contributed by atoms with Crippen LogP contribution in [0.15, 0.2) is 18.3 Å². The Morgan fingerprint density at radius 2 is 2.20 bits per heavy atom. The topological polar surface area (TPSA) is 48.7 Å². The summed E-state index contributed by atoms with van der Waals surface area (Å²) in [5.41, 5.74) is -0.0422. The molecule has 15 heavy (non-hydrogen) atoms. The highest BCUT2D eigenvalue weighted by atomic mass is 19.1. The van der Waals surface area contributed by atoms with Crippen LogP contribution in [0, 0.1) is 17.1 Å². The van der Waals surface area contributed by atoms with Crippen molar-refractivity contribution in [3.8, 4) is 6.07 Å². The minimum absolute atomic E-state index is 0.326. The first kappa shape index (κ1) is 10.1. The molecule has 78 valence electrons. The normalized spacial score (nSPS) is 19.5. The summed E-state index contributed by atoms with van der Waals surface area (Å²) in [4.78, 5) is 4.12. The summed E-state index contributed by atoms with van der Waals surface area (Å²) in [5.74, 6) is -0.326. The van der Waals surface area contributed by atoms with E-state index in [1.807, 2.05) is 0 Å². The van der Waals surface area contributed by atoms with Gasteiger partial charge in [0.05, 0.1) is 11.8 Å².